The number of halogens is 1. The number of rotatable bonds is 7. The Labute approximate surface area is 121 Å². The van der Waals surface area contributed by atoms with Crippen LogP contribution in [0, 0.1) is 5.82 Å². The largest absolute Gasteiger partial charge is 0.478 e. The summed E-state index contributed by atoms with van der Waals surface area (Å²) in [6, 6.07) is 3.47. The van der Waals surface area contributed by atoms with Crippen molar-refractivity contribution in [3.05, 3.63) is 29.6 Å². The lowest BCUT2D eigenvalue weighted by atomic mass is 10.2. The summed E-state index contributed by atoms with van der Waals surface area (Å²) in [7, 11) is 0. The highest BCUT2D eigenvalue weighted by Gasteiger charge is 2.19. The number of urea groups is 1. The predicted molar refractivity (Wildman–Crippen MR) is 76.0 cm³/mol. The van der Waals surface area contributed by atoms with Gasteiger partial charge in [0.2, 0.25) is 0 Å². The second-order valence-corrected chi connectivity index (χ2v) is 4.96. The van der Waals surface area contributed by atoms with Gasteiger partial charge in [0.25, 0.3) is 0 Å². The van der Waals surface area contributed by atoms with Crippen molar-refractivity contribution in [2.75, 3.05) is 18.4 Å². The van der Waals surface area contributed by atoms with E-state index >= 15 is 0 Å². The number of hydrogen-bond acceptors (Lipinski definition) is 3. The molecule has 0 saturated heterocycles. The number of nitrogens with one attached hydrogen (secondary N) is 3. The van der Waals surface area contributed by atoms with E-state index in [0.29, 0.717) is 12.6 Å². The summed E-state index contributed by atoms with van der Waals surface area (Å²) in [4.78, 5) is 22.2. The minimum absolute atomic E-state index is 0.0476. The molecule has 6 nitrogen and oxygen atoms in total. The standard InChI is InChI=1S/C14H18FN3O3/c15-11-8-9(13(19)20)2-5-12(11)18-14(21)17-7-1-6-16-10-3-4-10/h2,5,8,10,16H,1,3-4,6-7H2,(H,19,20)(H2,17,18,21). The lowest BCUT2D eigenvalue weighted by molar-refractivity contribution is 0.0696. The summed E-state index contributed by atoms with van der Waals surface area (Å²) >= 11 is 0. The van der Waals surface area contributed by atoms with E-state index in [1.807, 2.05) is 0 Å². The summed E-state index contributed by atoms with van der Waals surface area (Å²) in [5.74, 6) is -1.99. The van der Waals surface area contributed by atoms with Gasteiger partial charge in [-0.3, -0.25) is 0 Å². The molecule has 0 atom stereocenters. The third-order valence-electron chi connectivity index (χ3n) is 3.11. The average molecular weight is 295 g/mol. The molecule has 1 aliphatic rings. The Kier molecular flexibility index (Phi) is 5.10. The van der Waals surface area contributed by atoms with Crippen LogP contribution >= 0.6 is 0 Å². The van der Waals surface area contributed by atoms with Crippen molar-refractivity contribution in [2.24, 2.45) is 0 Å². The van der Waals surface area contributed by atoms with Gasteiger partial charge in [-0.05, 0) is 44.0 Å². The summed E-state index contributed by atoms with van der Waals surface area (Å²) in [5.41, 5.74) is -0.210. The number of carboxylic acid groups (broad SMARTS) is 1. The first-order valence-corrected chi connectivity index (χ1v) is 6.87. The molecular formula is C14H18FN3O3. The predicted octanol–water partition coefficient (Wildman–Crippen LogP) is 1.79. The first kappa shape index (κ1) is 15.2. The highest BCUT2D eigenvalue weighted by molar-refractivity contribution is 5.91. The maximum atomic E-state index is 13.6. The maximum Gasteiger partial charge on any atom is 0.335 e. The zero-order valence-electron chi connectivity index (χ0n) is 11.5. The van der Waals surface area contributed by atoms with Gasteiger partial charge in [-0.2, -0.15) is 0 Å². The van der Waals surface area contributed by atoms with E-state index in [-0.39, 0.29) is 11.3 Å². The van der Waals surface area contributed by atoms with E-state index in [4.69, 9.17) is 5.11 Å². The molecule has 4 N–H and O–H groups in total. The molecule has 0 aromatic heterocycles. The second kappa shape index (κ2) is 7.03. The molecule has 0 bridgehead atoms. The van der Waals surface area contributed by atoms with Crippen LogP contribution in [-0.4, -0.2) is 36.2 Å². The lowest BCUT2D eigenvalue weighted by Crippen LogP contribution is -2.31. The van der Waals surface area contributed by atoms with Crippen LogP contribution in [0.15, 0.2) is 18.2 Å². The fourth-order valence-corrected chi connectivity index (χ4v) is 1.80. The summed E-state index contributed by atoms with van der Waals surface area (Å²) in [6.45, 7) is 1.33. The normalized spacial score (nSPS) is 13.8. The quantitative estimate of drug-likeness (QED) is 0.577. The van der Waals surface area contributed by atoms with Gasteiger partial charge in [0.05, 0.1) is 11.3 Å². The van der Waals surface area contributed by atoms with Crippen LogP contribution in [0.3, 0.4) is 0 Å². The first-order valence-electron chi connectivity index (χ1n) is 6.87. The summed E-state index contributed by atoms with van der Waals surface area (Å²) < 4.78 is 13.6. The molecular weight excluding hydrogens is 277 g/mol. The number of aromatic carboxylic acids is 1. The van der Waals surface area contributed by atoms with E-state index < -0.39 is 17.8 Å². The number of carboxylic acids is 1. The molecule has 1 aromatic rings. The molecule has 0 spiro atoms. The molecule has 1 fully saturated rings. The Hall–Kier alpha value is -2.15. The van der Waals surface area contributed by atoms with E-state index in [1.54, 1.807) is 0 Å². The van der Waals surface area contributed by atoms with Crippen molar-refractivity contribution in [3.63, 3.8) is 0 Å². The van der Waals surface area contributed by atoms with Crippen molar-refractivity contribution < 1.29 is 19.1 Å². The van der Waals surface area contributed by atoms with E-state index in [2.05, 4.69) is 16.0 Å². The second-order valence-electron chi connectivity index (χ2n) is 4.96. The van der Waals surface area contributed by atoms with Gasteiger partial charge in [-0.15, -0.1) is 0 Å². The summed E-state index contributed by atoms with van der Waals surface area (Å²) in [6.07, 6.45) is 3.24. The number of anilines is 1. The van der Waals surface area contributed by atoms with Crippen LogP contribution in [0.4, 0.5) is 14.9 Å². The number of carbonyl (C=O) groups is 2. The Morgan fingerprint density at radius 1 is 1.29 bits per heavy atom. The topological polar surface area (TPSA) is 90.5 Å². The third-order valence-corrected chi connectivity index (χ3v) is 3.11. The van der Waals surface area contributed by atoms with Gasteiger partial charge in [-0.1, -0.05) is 0 Å². The van der Waals surface area contributed by atoms with Gasteiger partial charge in [0.15, 0.2) is 0 Å². The minimum atomic E-state index is -1.21. The highest BCUT2D eigenvalue weighted by atomic mass is 19.1. The number of carbonyl (C=O) groups excluding carboxylic acids is 1. The molecule has 2 amide bonds. The SMILES string of the molecule is O=C(NCCCNC1CC1)Nc1ccc(C(=O)O)cc1F. The molecule has 0 unspecified atom stereocenters. The van der Waals surface area contributed by atoms with E-state index in [1.165, 1.54) is 25.0 Å². The zero-order valence-corrected chi connectivity index (χ0v) is 11.5. The Morgan fingerprint density at radius 2 is 2.05 bits per heavy atom. The van der Waals surface area contributed by atoms with Gasteiger partial charge in [0, 0.05) is 12.6 Å². The van der Waals surface area contributed by atoms with Crippen LogP contribution in [0.5, 0.6) is 0 Å². The summed E-state index contributed by atoms with van der Waals surface area (Å²) in [5, 5.41) is 17.0. The number of benzene rings is 1. The van der Waals surface area contributed by atoms with Crippen LogP contribution in [0.2, 0.25) is 0 Å². The molecule has 7 heteroatoms. The first-order chi connectivity index (χ1) is 10.1. The van der Waals surface area contributed by atoms with Gasteiger partial charge >= 0.3 is 12.0 Å². The maximum absolute atomic E-state index is 13.6. The van der Waals surface area contributed by atoms with Crippen molar-refractivity contribution in [2.45, 2.75) is 25.3 Å². The van der Waals surface area contributed by atoms with Crippen LogP contribution in [0.25, 0.3) is 0 Å². The monoisotopic (exact) mass is 295 g/mol. The van der Waals surface area contributed by atoms with Gasteiger partial charge in [0.1, 0.15) is 5.82 Å². The molecule has 0 aliphatic heterocycles. The van der Waals surface area contributed by atoms with E-state index in [0.717, 1.165) is 19.0 Å². The van der Waals surface area contributed by atoms with Crippen molar-refractivity contribution >= 4 is 17.7 Å². The average Bonchev–Trinajstić information content (AvgIpc) is 3.24. The lowest BCUT2D eigenvalue weighted by Gasteiger charge is -2.09. The van der Waals surface area contributed by atoms with Crippen LogP contribution < -0.4 is 16.0 Å². The van der Waals surface area contributed by atoms with Crippen molar-refractivity contribution in [1.29, 1.82) is 0 Å². The molecule has 1 aromatic carbocycles. The van der Waals surface area contributed by atoms with Crippen LogP contribution in [-0.2, 0) is 0 Å². The van der Waals surface area contributed by atoms with Crippen molar-refractivity contribution in [1.82, 2.24) is 10.6 Å². The highest BCUT2D eigenvalue weighted by Crippen LogP contribution is 2.18. The van der Waals surface area contributed by atoms with Gasteiger partial charge in [-0.25, -0.2) is 14.0 Å². The fourth-order valence-electron chi connectivity index (χ4n) is 1.80. The Morgan fingerprint density at radius 3 is 2.67 bits per heavy atom. The molecule has 114 valence electrons. The molecule has 1 saturated carbocycles. The minimum Gasteiger partial charge on any atom is -0.478 e. The smallest absolute Gasteiger partial charge is 0.335 e. The third kappa shape index (κ3) is 5.03. The zero-order chi connectivity index (χ0) is 15.2. The number of hydrogen-bond donors (Lipinski definition) is 4. The van der Waals surface area contributed by atoms with Crippen LogP contribution in [0.1, 0.15) is 29.6 Å². The molecule has 2 rings (SSSR count). The van der Waals surface area contributed by atoms with Gasteiger partial charge < -0.3 is 21.1 Å². The molecule has 1 aliphatic carbocycles. The molecule has 0 heterocycles. The number of amides is 2. The fraction of sp³-hybridized carbons (Fsp3) is 0.429. The molecule has 21 heavy (non-hydrogen) atoms. The Bertz CT molecular complexity index is 532. The van der Waals surface area contributed by atoms with E-state index in [9.17, 15) is 14.0 Å². The molecule has 0 radical (unpaired) electrons. The van der Waals surface area contributed by atoms with Crippen molar-refractivity contribution in [3.8, 4) is 0 Å². The Balaban J connectivity index is 1.72.